The Balaban J connectivity index is 2.17. The summed E-state index contributed by atoms with van der Waals surface area (Å²) in [5.74, 6) is 0. The summed E-state index contributed by atoms with van der Waals surface area (Å²) < 4.78 is 8.41. The van der Waals surface area contributed by atoms with Gasteiger partial charge in [-0.2, -0.15) is 0 Å². The number of hydrogen-bond acceptors (Lipinski definition) is 1. The van der Waals surface area contributed by atoms with Crippen molar-refractivity contribution in [3.63, 3.8) is 0 Å². The van der Waals surface area contributed by atoms with E-state index in [0.717, 1.165) is 45.2 Å². The number of furan rings is 1. The molecule has 2 heterocycles. The van der Waals surface area contributed by atoms with E-state index < -0.39 is 0 Å². The molecule has 0 aliphatic heterocycles. The Morgan fingerprint density at radius 1 is 1.04 bits per heavy atom. The van der Waals surface area contributed by atoms with E-state index in [0.29, 0.717) is 11.3 Å². The Morgan fingerprint density at radius 2 is 1.80 bits per heavy atom. The van der Waals surface area contributed by atoms with E-state index in [-0.39, 0.29) is 0 Å². The first-order valence-corrected chi connectivity index (χ1v) is 8.46. The maximum Gasteiger partial charge on any atom is 0.232 e. The highest BCUT2D eigenvalue weighted by molar-refractivity contribution is 6.13. The largest absolute Gasteiger partial charge is 0.466 e. The summed E-state index contributed by atoms with van der Waals surface area (Å²) in [7, 11) is 2.04. The third-order valence-electron chi connectivity index (χ3n) is 4.88. The van der Waals surface area contributed by atoms with Crippen molar-refractivity contribution in [2.45, 2.75) is 20.3 Å². The van der Waals surface area contributed by atoms with Gasteiger partial charge in [0.25, 0.3) is 0 Å². The first-order chi connectivity index (χ1) is 12.2. The Morgan fingerprint density at radius 3 is 2.52 bits per heavy atom. The minimum atomic E-state index is 0.636. The van der Waals surface area contributed by atoms with Gasteiger partial charge in [-0.15, -0.1) is 0 Å². The van der Waals surface area contributed by atoms with Crippen LogP contribution in [0.5, 0.6) is 0 Å². The fraction of sp³-hybridized carbons (Fsp3) is 0.182. The van der Waals surface area contributed by atoms with Crippen LogP contribution in [0.3, 0.4) is 0 Å². The van der Waals surface area contributed by atoms with Crippen molar-refractivity contribution in [2.75, 3.05) is 0 Å². The molecule has 2 aromatic carbocycles. The molecule has 0 atom stereocenters. The number of aromatic nitrogens is 1. The lowest BCUT2D eigenvalue weighted by Crippen LogP contribution is -2.30. The van der Waals surface area contributed by atoms with Gasteiger partial charge in [0.1, 0.15) is 18.2 Å². The van der Waals surface area contributed by atoms with Gasteiger partial charge in [-0.05, 0) is 30.5 Å². The lowest BCUT2D eigenvalue weighted by atomic mass is 10.00. The number of pyridine rings is 1. The Hall–Kier alpha value is -3.12. The van der Waals surface area contributed by atoms with E-state index in [4.69, 9.17) is 11.0 Å². The summed E-state index contributed by atoms with van der Waals surface area (Å²) in [6.07, 6.45) is 2.86. The maximum absolute atomic E-state index is 7.60. The summed E-state index contributed by atoms with van der Waals surface area (Å²) >= 11 is 0. The standard InChI is InChI=1S/C22H19N2O/c1-5-15-10-12-17-16-11-9-14(2)19(18-8-6-7-13-24(18)4)21(16)25-22(17)20(15)23-3/h6-13H,5H2,1-2,4H3/q+1. The predicted octanol–water partition coefficient (Wildman–Crippen LogP) is 5.50. The number of aryl methyl sites for hydroxylation is 3. The van der Waals surface area contributed by atoms with Crippen LogP contribution in [-0.4, -0.2) is 0 Å². The van der Waals surface area contributed by atoms with E-state index in [1.54, 1.807) is 0 Å². The normalized spacial score (nSPS) is 11.1. The van der Waals surface area contributed by atoms with Crippen LogP contribution in [0, 0.1) is 13.5 Å². The average Bonchev–Trinajstić information content (AvgIpc) is 3.00. The van der Waals surface area contributed by atoms with Crippen LogP contribution < -0.4 is 4.57 Å². The molecule has 122 valence electrons. The fourth-order valence-corrected chi connectivity index (χ4v) is 3.54. The summed E-state index contributed by atoms with van der Waals surface area (Å²) in [5.41, 5.74) is 6.58. The third kappa shape index (κ3) is 2.22. The van der Waals surface area contributed by atoms with Crippen LogP contribution in [0.25, 0.3) is 38.0 Å². The number of hydrogen-bond donors (Lipinski definition) is 0. The second-order valence-electron chi connectivity index (χ2n) is 6.35. The van der Waals surface area contributed by atoms with Gasteiger partial charge in [0.15, 0.2) is 6.20 Å². The zero-order valence-electron chi connectivity index (χ0n) is 14.6. The highest BCUT2D eigenvalue weighted by Crippen LogP contribution is 2.41. The topological polar surface area (TPSA) is 21.4 Å². The van der Waals surface area contributed by atoms with Crippen LogP contribution in [0.1, 0.15) is 18.1 Å². The third-order valence-corrected chi connectivity index (χ3v) is 4.88. The minimum absolute atomic E-state index is 0.636. The van der Waals surface area contributed by atoms with Gasteiger partial charge in [-0.25, -0.2) is 9.41 Å². The fourth-order valence-electron chi connectivity index (χ4n) is 3.54. The Labute approximate surface area is 147 Å². The first-order valence-electron chi connectivity index (χ1n) is 8.46. The molecule has 2 aromatic heterocycles. The molecule has 0 aliphatic rings. The zero-order chi connectivity index (χ0) is 17.6. The first kappa shape index (κ1) is 15.4. The van der Waals surface area contributed by atoms with Crippen molar-refractivity contribution in [3.8, 4) is 11.3 Å². The van der Waals surface area contributed by atoms with Gasteiger partial charge in [-0.3, -0.25) is 0 Å². The molecule has 3 nitrogen and oxygen atoms in total. The second-order valence-corrected chi connectivity index (χ2v) is 6.35. The molecular formula is C22H19N2O+. The van der Waals surface area contributed by atoms with E-state index in [9.17, 15) is 0 Å². The molecule has 4 rings (SSSR count). The maximum atomic E-state index is 7.60. The van der Waals surface area contributed by atoms with Gasteiger partial charge in [0, 0.05) is 22.9 Å². The number of nitrogens with zero attached hydrogens (tertiary/aromatic N) is 2. The molecule has 0 saturated carbocycles. The van der Waals surface area contributed by atoms with Crippen LogP contribution in [0.4, 0.5) is 5.69 Å². The van der Waals surface area contributed by atoms with Crippen molar-refractivity contribution in [1.29, 1.82) is 0 Å². The summed E-state index contributed by atoms with van der Waals surface area (Å²) in [6.45, 7) is 11.8. The van der Waals surface area contributed by atoms with Crippen LogP contribution >= 0.6 is 0 Å². The van der Waals surface area contributed by atoms with Crippen molar-refractivity contribution in [2.24, 2.45) is 7.05 Å². The van der Waals surface area contributed by atoms with E-state index in [1.807, 2.05) is 31.4 Å². The molecule has 0 spiro atoms. The molecule has 25 heavy (non-hydrogen) atoms. The van der Waals surface area contributed by atoms with Gasteiger partial charge >= 0.3 is 0 Å². The number of rotatable bonds is 2. The molecular weight excluding hydrogens is 308 g/mol. The van der Waals surface area contributed by atoms with Crippen molar-refractivity contribution < 1.29 is 8.98 Å². The molecule has 0 unspecified atom stereocenters. The van der Waals surface area contributed by atoms with Crippen LogP contribution in [-0.2, 0) is 13.5 Å². The van der Waals surface area contributed by atoms with E-state index >= 15 is 0 Å². The molecule has 0 bridgehead atoms. The summed E-state index contributed by atoms with van der Waals surface area (Å²) in [5, 5.41) is 2.07. The molecule has 0 N–H and O–H groups in total. The lowest BCUT2D eigenvalue weighted by Gasteiger charge is -2.05. The molecule has 0 fully saturated rings. The SMILES string of the molecule is [C-]#[N+]c1c(CC)ccc2c1oc1c(-c3cccc[n+]3C)c(C)ccc12. The minimum Gasteiger partial charge on any atom is -0.466 e. The van der Waals surface area contributed by atoms with Gasteiger partial charge in [0.2, 0.25) is 11.4 Å². The van der Waals surface area contributed by atoms with Crippen molar-refractivity contribution in [1.82, 2.24) is 0 Å². The molecule has 0 radical (unpaired) electrons. The van der Waals surface area contributed by atoms with Crippen molar-refractivity contribution in [3.05, 3.63) is 71.2 Å². The van der Waals surface area contributed by atoms with Gasteiger partial charge < -0.3 is 4.42 Å². The quantitative estimate of drug-likeness (QED) is 0.352. The Bertz CT molecular complexity index is 1160. The average molecular weight is 327 g/mol. The van der Waals surface area contributed by atoms with E-state index in [2.05, 4.69) is 47.5 Å². The second kappa shape index (κ2) is 5.75. The van der Waals surface area contributed by atoms with Crippen molar-refractivity contribution >= 4 is 27.6 Å². The smallest absolute Gasteiger partial charge is 0.232 e. The van der Waals surface area contributed by atoms with Gasteiger partial charge in [0.05, 0.1) is 12.1 Å². The lowest BCUT2D eigenvalue weighted by molar-refractivity contribution is -0.660. The van der Waals surface area contributed by atoms with E-state index in [1.165, 1.54) is 0 Å². The molecule has 0 aliphatic carbocycles. The zero-order valence-corrected chi connectivity index (χ0v) is 14.6. The number of benzene rings is 2. The van der Waals surface area contributed by atoms with Gasteiger partial charge in [-0.1, -0.05) is 31.2 Å². The molecule has 4 aromatic rings. The summed E-state index contributed by atoms with van der Waals surface area (Å²) in [6, 6.07) is 14.5. The van der Waals surface area contributed by atoms with Crippen LogP contribution in [0.2, 0.25) is 0 Å². The number of fused-ring (bicyclic) bond motifs is 3. The highest BCUT2D eigenvalue weighted by Gasteiger charge is 2.21. The molecule has 0 saturated heterocycles. The highest BCUT2D eigenvalue weighted by atomic mass is 16.3. The summed E-state index contributed by atoms with van der Waals surface area (Å²) in [4.78, 5) is 3.76. The molecule has 3 heteroatoms. The Kier molecular flexibility index (Phi) is 3.54. The van der Waals surface area contributed by atoms with Crippen LogP contribution in [0.15, 0.2) is 53.1 Å². The monoisotopic (exact) mass is 327 g/mol. The predicted molar refractivity (Wildman–Crippen MR) is 101 cm³/mol. The molecule has 0 amide bonds.